The molecule has 0 saturated carbocycles. The van der Waals surface area contributed by atoms with E-state index in [0.717, 1.165) is 11.1 Å². The number of ketones is 1. The molecule has 1 unspecified atom stereocenters. The van der Waals surface area contributed by atoms with E-state index >= 15 is 0 Å². The monoisotopic (exact) mass is 509 g/mol. The Morgan fingerprint density at radius 1 is 1.09 bits per heavy atom. The van der Waals surface area contributed by atoms with Crippen LogP contribution < -0.4 is 16.4 Å². The van der Waals surface area contributed by atoms with Crippen molar-refractivity contribution in [3.63, 3.8) is 0 Å². The first-order valence-corrected chi connectivity index (χ1v) is 13.2. The summed E-state index contributed by atoms with van der Waals surface area (Å²) in [7, 11) is -3.22. The molecule has 0 aliphatic rings. The number of aryl methyl sites for hydroxylation is 2. The fourth-order valence-electron chi connectivity index (χ4n) is 3.59. The van der Waals surface area contributed by atoms with Crippen LogP contribution in [0.5, 0.6) is 0 Å². The molecule has 0 spiro atoms. The maximum absolute atomic E-state index is 12.7. The van der Waals surface area contributed by atoms with E-state index in [2.05, 4.69) is 10.6 Å². The Morgan fingerprint density at radius 2 is 1.74 bits per heavy atom. The van der Waals surface area contributed by atoms with Gasteiger partial charge in [-0.05, 0) is 63.9 Å². The Labute approximate surface area is 206 Å². The van der Waals surface area contributed by atoms with Crippen molar-refractivity contribution in [3.05, 3.63) is 57.6 Å². The van der Waals surface area contributed by atoms with Crippen LogP contribution in [-0.4, -0.2) is 37.6 Å². The van der Waals surface area contributed by atoms with Gasteiger partial charge in [-0.3, -0.25) is 14.2 Å². The second kappa shape index (κ2) is 12.4. The standard InChI is InChI=1S/C24H33ClN3O5P/c1-6-32-34(31,33-7-2)13-12-27-19-11-9-16(4)21(22(19)25)23(24(26)30)28-20-14-15(3)8-10-18(20)17(5)29/h8-11,14,23,27-28H,6-7,12-13H2,1-5H3,(H2,26,30). The van der Waals surface area contributed by atoms with Crippen molar-refractivity contribution in [2.24, 2.45) is 5.73 Å². The number of Topliss-reactive ketones (excluding diaryl/α,β-unsaturated/α-hetero) is 1. The maximum atomic E-state index is 12.7. The largest absolute Gasteiger partial charge is 0.383 e. The van der Waals surface area contributed by atoms with Crippen molar-refractivity contribution < 1.29 is 23.2 Å². The zero-order valence-electron chi connectivity index (χ0n) is 20.2. The van der Waals surface area contributed by atoms with Crippen LogP contribution in [-0.2, 0) is 18.4 Å². The highest BCUT2D eigenvalue weighted by atomic mass is 35.5. The summed E-state index contributed by atoms with van der Waals surface area (Å²) >= 11 is 6.72. The number of nitrogens with one attached hydrogen (secondary N) is 2. The highest BCUT2D eigenvalue weighted by Gasteiger charge is 2.27. The smallest absolute Gasteiger partial charge is 0.332 e. The number of amides is 1. The maximum Gasteiger partial charge on any atom is 0.332 e. The normalized spacial score (nSPS) is 12.3. The summed E-state index contributed by atoms with van der Waals surface area (Å²) < 4.78 is 23.3. The minimum absolute atomic E-state index is 0.142. The van der Waals surface area contributed by atoms with Crippen LogP contribution in [0.3, 0.4) is 0 Å². The van der Waals surface area contributed by atoms with Crippen molar-refractivity contribution in [3.8, 4) is 0 Å². The molecular formula is C24H33ClN3O5P. The number of benzene rings is 2. The highest BCUT2D eigenvalue weighted by molar-refractivity contribution is 7.53. The molecule has 2 rings (SSSR count). The number of halogens is 1. The molecule has 0 aliphatic carbocycles. The number of rotatable bonds is 13. The molecule has 0 radical (unpaired) electrons. The Bertz CT molecular complexity index is 1080. The van der Waals surface area contributed by atoms with Crippen LogP contribution in [0.1, 0.15) is 53.9 Å². The van der Waals surface area contributed by atoms with Gasteiger partial charge in [0.1, 0.15) is 6.04 Å². The first-order valence-electron chi connectivity index (χ1n) is 11.1. The summed E-state index contributed by atoms with van der Waals surface area (Å²) in [4.78, 5) is 24.6. The minimum atomic E-state index is -3.22. The first kappa shape index (κ1) is 27.9. The molecule has 1 atom stereocenters. The zero-order chi connectivity index (χ0) is 25.5. The Kier molecular flexibility index (Phi) is 10.1. The average Bonchev–Trinajstić information content (AvgIpc) is 2.74. The predicted octanol–water partition coefficient (Wildman–Crippen LogP) is 5.48. The molecule has 4 N–H and O–H groups in total. The van der Waals surface area contributed by atoms with Crippen LogP contribution in [0.25, 0.3) is 0 Å². The Morgan fingerprint density at radius 3 is 2.29 bits per heavy atom. The van der Waals surface area contributed by atoms with Gasteiger partial charge in [-0.25, -0.2) is 0 Å². The molecule has 2 aromatic carbocycles. The Balaban J connectivity index is 2.36. The van der Waals surface area contributed by atoms with Gasteiger partial charge in [0.2, 0.25) is 5.91 Å². The number of nitrogens with two attached hydrogens (primary N) is 1. The highest BCUT2D eigenvalue weighted by Crippen LogP contribution is 2.47. The molecule has 0 fully saturated rings. The molecule has 186 valence electrons. The predicted molar refractivity (Wildman–Crippen MR) is 137 cm³/mol. The lowest BCUT2D eigenvalue weighted by Crippen LogP contribution is -2.29. The summed E-state index contributed by atoms with van der Waals surface area (Å²) in [6, 6.07) is 7.93. The van der Waals surface area contributed by atoms with E-state index in [1.807, 2.05) is 26.0 Å². The molecule has 1 amide bonds. The Hall–Kier alpha value is -2.38. The fourth-order valence-corrected chi connectivity index (χ4v) is 5.49. The van der Waals surface area contributed by atoms with Crippen LogP contribution >= 0.6 is 19.2 Å². The molecule has 0 aromatic heterocycles. The van der Waals surface area contributed by atoms with E-state index < -0.39 is 19.5 Å². The van der Waals surface area contributed by atoms with E-state index in [0.29, 0.717) is 27.5 Å². The number of hydrogen-bond donors (Lipinski definition) is 3. The molecule has 10 heteroatoms. The molecule has 0 aliphatic heterocycles. The summed E-state index contributed by atoms with van der Waals surface area (Å²) in [6.45, 7) is 9.51. The molecule has 34 heavy (non-hydrogen) atoms. The van der Waals surface area contributed by atoms with Crippen molar-refractivity contribution in [2.45, 2.75) is 40.7 Å². The molecule has 0 saturated heterocycles. The molecular weight excluding hydrogens is 477 g/mol. The van der Waals surface area contributed by atoms with Gasteiger partial charge in [-0.2, -0.15) is 0 Å². The third kappa shape index (κ3) is 7.06. The van der Waals surface area contributed by atoms with E-state index in [9.17, 15) is 14.2 Å². The van der Waals surface area contributed by atoms with Crippen molar-refractivity contribution >= 4 is 42.3 Å². The number of carbonyl (C=O) groups is 2. The summed E-state index contributed by atoms with van der Waals surface area (Å²) in [6.07, 6.45) is 0.150. The van der Waals surface area contributed by atoms with Crippen molar-refractivity contribution in [2.75, 3.05) is 36.6 Å². The zero-order valence-corrected chi connectivity index (χ0v) is 21.9. The summed E-state index contributed by atoms with van der Waals surface area (Å²) in [5.41, 5.74) is 9.41. The second-order valence-corrected chi connectivity index (χ2v) is 10.4. The fraction of sp³-hybridized carbons (Fsp3) is 0.417. The quantitative estimate of drug-likeness (QED) is 0.241. The third-order valence-electron chi connectivity index (χ3n) is 5.18. The van der Waals surface area contributed by atoms with Gasteiger partial charge in [-0.15, -0.1) is 0 Å². The van der Waals surface area contributed by atoms with Gasteiger partial charge in [-0.1, -0.05) is 23.7 Å². The summed E-state index contributed by atoms with van der Waals surface area (Å²) in [5.74, 6) is -0.785. The van der Waals surface area contributed by atoms with Crippen LogP contribution in [0.15, 0.2) is 30.3 Å². The molecule has 8 nitrogen and oxygen atoms in total. The molecule has 2 aromatic rings. The first-order chi connectivity index (χ1) is 16.0. The van der Waals surface area contributed by atoms with E-state index in [1.165, 1.54) is 6.92 Å². The van der Waals surface area contributed by atoms with Crippen molar-refractivity contribution in [1.29, 1.82) is 0 Å². The topological polar surface area (TPSA) is 120 Å². The minimum Gasteiger partial charge on any atom is -0.383 e. The summed E-state index contributed by atoms with van der Waals surface area (Å²) in [5, 5.41) is 6.57. The van der Waals surface area contributed by atoms with Crippen molar-refractivity contribution in [1.82, 2.24) is 0 Å². The van der Waals surface area contributed by atoms with Crippen LogP contribution in [0.4, 0.5) is 11.4 Å². The van der Waals surface area contributed by atoms with Gasteiger partial charge < -0.3 is 25.4 Å². The lowest BCUT2D eigenvalue weighted by molar-refractivity contribution is -0.118. The van der Waals surface area contributed by atoms with E-state index in [1.54, 1.807) is 32.0 Å². The van der Waals surface area contributed by atoms with Crippen LogP contribution in [0, 0.1) is 13.8 Å². The number of hydrogen-bond acceptors (Lipinski definition) is 7. The third-order valence-corrected chi connectivity index (χ3v) is 7.66. The van der Waals surface area contributed by atoms with E-state index in [4.69, 9.17) is 26.4 Å². The number of carbonyl (C=O) groups excluding carboxylic acids is 2. The van der Waals surface area contributed by atoms with Gasteiger partial charge in [0.15, 0.2) is 5.78 Å². The van der Waals surface area contributed by atoms with Gasteiger partial charge in [0, 0.05) is 23.4 Å². The van der Waals surface area contributed by atoms with E-state index in [-0.39, 0.29) is 31.7 Å². The lowest BCUT2D eigenvalue weighted by atomic mass is 9.98. The number of anilines is 2. The van der Waals surface area contributed by atoms with Gasteiger partial charge in [0.05, 0.1) is 30.1 Å². The van der Waals surface area contributed by atoms with Gasteiger partial charge >= 0.3 is 7.60 Å². The second-order valence-electron chi connectivity index (χ2n) is 7.84. The number of primary amides is 1. The van der Waals surface area contributed by atoms with Crippen LogP contribution in [0.2, 0.25) is 5.02 Å². The SMILES string of the molecule is CCOP(=O)(CCNc1ccc(C)c(C(Nc2cc(C)ccc2C(C)=O)C(N)=O)c1Cl)OCC. The molecule has 0 bridgehead atoms. The van der Waals surface area contributed by atoms with Gasteiger partial charge in [0.25, 0.3) is 0 Å². The molecule has 0 heterocycles. The lowest BCUT2D eigenvalue weighted by Gasteiger charge is -2.24. The average molecular weight is 510 g/mol.